The number of nitrogens with zero attached hydrogens (tertiary/aromatic N) is 2. The first-order valence-electron chi connectivity index (χ1n) is 10.6. The van der Waals surface area contributed by atoms with Gasteiger partial charge in [0.1, 0.15) is 17.3 Å². The van der Waals surface area contributed by atoms with Crippen molar-refractivity contribution in [3.63, 3.8) is 0 Å². The van der Waals surface area contributed by atoms with Gasteiger partial charge in [-0.1, -0.05) is 28.1 Å². The molecule has 0 aromatic heterocycles. The fourth-order valence-electron chi connectivity index (χ4n) is 3.72. The number of carbonyl (C=O) groups excluding carboxylic acids is 2. The summed E-state index contributed by atoms with van der Waals surface area (Å²) in [5.74, 6) is -1.83. The number of halogens is 1. The highest BCUT2D eigenvalue weighted by Gasteiger charge is 2.43. The molecule has 2 aromatic carbocycles. The van der Waals surface area contributed by atoms with Crippen molar-refractivity contribution < 1.29 is 23.8 Å². The maximum absolute atomic E-state index is 13.3. The van der Waals surface area contributed by atoms with E-state index in [4.69, 9.17) is 19.9 Å². The van der Waals surface area contributed by atoms with Gasteiger partial charge in [-0.3, -0.25) is 4.90 Å². The highest BCUT2D eigenvalue weighted by atomic mass is 79.9. The van der Waals surface area contributed by atoms with Gasteiger partial charge in [0, 0.05) is 10.2 Å². The summed E-state index contributed by atoms with van der Waals surface area (Å²) in [6.45, 7) is 3.48. The predicted octanol–water partition coefficient (Wildman–Crippen LogP) is 4.14. The molecule has 0 bridgehead atoms. The van der Waals surface area contributed by atoms with Crippen LogP contribution in [-0.4, -0.2) is 32.3 Å². The Balaban J connectivity index is 2.37. The Morgan fingerprint density at radius 3 is 2.15 bits per heavy atom. The minimum absolute atomic E-state index is 0.0108. The molecular weight excluding hydrogens is 502 g/mol. The van der Waals surface area contributed by atoms with Crippen LogP contribution < -0.4 is 15.4 Å². The number of anilines is 1. The Morgan fingerprint density at radius 1 is 1.03 bits per heavy atom. The van der Waals surface area contributed by atoms with Gasteiger partial charge in [-0.25, -0.2) is 9.59 Å². The van der Waals surface area contributed by atoms with E-state index in [1.165, 1.54) is 12.0 Å². The molecule has 9 heteroatoms. The van der Waals surface area contributed by atoms with E-state index in [0.717, 1.165) is 4.47 Å². The average molecular weight is 526 g/mol. The van der Waals surface area contributed by atoms with Gasteiger partial charge < -0.3 is 19.9 Å². The number of hydrogen-bond donors (Lipinski definition) is 1. The van der Waals surface area contributed by atoms with Crippen molar-refractivity contribution in [2.75, 3.05) is 25.2 Å². The summed E-state index contributed by atoms with van der Waals surface area (Å²) in [5, 5.41) is 10.1. The fourth-order valence-corrected chi connectivity index (χ4v) is 3.99. The molecule has 2 aromatic rings. The highest BCUT2D eigenvalue weighted by Crippen LogP contribution is 2.43. The quantitative estimate of drug-likeness (QED) is 0.536. The van der Waals surface area contributed by atoms with Crippen LogP contribution in [0.1, 0.15) is 25.3 Å². The van der Waals surface area contributed by atoms with Crippen LogP contribution >= 0.6 is 15.9 Å². The summed E-state index contributed by atoms with van der Waals surface area (Å²) in [6.07, 6.45) is 0. The van der Waals surface area contributed by atoms with Gasteiger partial charge in [-0.15, -0.1) is 0 Å². The second-order valence-electron chi connectivity index (χ2n) is 7.13. The number of benzene rings is 2. The lowest BCUT2D eigenvalue weighted by molar-refractivity contribution is -0.142. The van der Waals surface area contributed by atoms with Gasteiger partial charge in [-0.05, 0) is 55.8 Å². The molecule has 0 spiro atoms. The molecule has 2 N–H and O–H groups in total. The largest absolute Gasteiger partial charge is 0.497 e. The Kier molecular flexibility index (Phi) is 7.97. The number of esters is 2. The van der Waals surface area contributed by atoms with Crippen LogP contribution in [0.15, 0.2) is 75.7 Å². The minimum atomic E-state index is -0.925. The van der Waals surface area contributed by atoms with E-state index in [0.29, 0.717) is 17.0 Å². The van der Waals surface area contributed by atoms with Gasteiger partial charge in [0.25, 0.3) is 0 Å². The van der Waals surface area contributed by atoms with Gasteiger partial charge in [0.05, 0.1) is 43.5 Å². The maximum Gasteiger partial charge on any atom is 0.355 e. The van der Waals surface area contributed by atoms with E-state index in [9.17, 15) is 14.9 Å². The van der Waals surface area contributed by atoms with Crippen molar-refractivity contribution in [1.82, 2.24) is 0 Å². The highest BCUT2D eigenvalue weighted by molar-refractivity contribution is 9.10. The van der Waals surface area contributed by atoms with Crippen molar-refractivity contribution in [3.05, 3.63) is 81.2 Å². The third-order valence-corrected chi connectivity index (χ3v) is 5.72. The lowest BCUT2D eigenvalue weighted by Gasteiger charge is -2.36. The second-order valence-corrected chi connectivity index (χ2v) is 8.05. The predicted molar refractivity (Wildman–Crippen MR) is 129 cm³/mol. The standard InChI is InChI=1S/C25H24BrN3O5/c1-4-33-24(30)21-20(15-6-8-16(26)9-7-15)19(14-27)23(28)29(22(21)25(31)34-5-2)17-10-12-18(32-3)13-11-17/h6-13,20H,4-5,28H2,1-3H3. The van der Waals surface area contributed by atoms with Crippen LogP contribution in [0.2, 0.25) is 0 Å². The number of allylic oxidation sites excluding steroid dienone is 1. The molecule has 1 atom stereocenters. The van der Waals surface area contributed by atoms with Crippen molar-refractivity contribution in [3.8, 4) is 11.8 Å². The Hall–Kier alpha value is -3.77. The molecule has 8 nitrogen and oxygen atoms in total. The molecule has 0 amide bonds. The summed E-state index contributed by atoms with van der Waals surface area (Å²) in [7, 11) is 1.53. The first-order valence-corrected chi connectivity index (χ1v) is 11.3. The number of carbonyl (C=O) groups is 2. The van der Waals surface area contributed by atoms with E-state index in [-0.39, 0.29) is 35.9 Å². The van der Waals surface area contributed by atoms with Crippen molar-refractivity contribution >= 4 is 33.6 Å². The normalized spacial score (nSPS) is 15.6. The van der Waals surface area contributed by atoms with Crippen LogP contribution in [-0.2, 0) is 19.1 Å². The van der Waals surface area contributed by atoms with Gasteiger partial charge in [0.2, 0.25) is 0 Å². The minimum Gasteiger partial charge on any atom is -0.497 e. The van der Waals surface area contributed by atoms with E-state index >= 15 is 0 Å². The van der Waals surface area contributed by atoms with Gasteiger partial charge in [-0.2, -0.15) is 5.26 Å². The van der Waals surface area contributed by atoms with Crippen LogP contribution in [0, 0.1) is 11.3 Å². The Morgan fingerprint density at radius 2 is 1.62 bits per heavy atom. The van der Waals surface area contributed by atoms with Crippen LogP contribution in [0.4, 0.5) is 5.69 Å². The molecule has 1 heterocycles. The number of nitrogens with two attached hydrogens (primary N) is 1. The first-order chi connectivity index (χ1) is 16.4. The maximum atomic E-state index is 13.3. The molecule has 0 saturated carbocycles. The molecule has 0 saturated heterocycles. The summed E-state index contributed by atoms with van der Waals surface area (Å²) < 4.78 is 16.7. The van der Waals surface area contributed by atoms with Crippen LogP contribution in [0.3, 0.4) is 0 Å². The Labute approximate surface area is 206 Å². The summed E-state index contributed by atoms with van der Waals surface area (Å²) in [5.41, 5.74) is 7.53. The summed E-state index contributed by atoms with van der Waals surface area (Å²) in [6, 6.07) is 15.9. The molecule has 1 aliphatic heterocycles. The molecule has 176 valence electrons. The van der Waals surface area contributed by atoms with Crippen molar-refractivity contribution in [2.24, 2.45) is 5.73 Å². The SMILES string of the molecule is CCOC(=O)C1=C(C(=O)OCC)N(c2ccc(OC)cc2)C(N)=C(C#N)C1c1ccc(Br)cc1. The molecule has 1 unspecified atom stereocenters. The molecular formula is C25H24BrN3O5. The molecule has 0 fully saturated rings. The zero-order valence-electron chi connectivity index (χ0n) is 19.0. The summed E-state index contributed by atoms with van der Waals surface area (Å²) >= 11 is 3.39. The molecule has 1 aliphatic rings. The van der Waals surface area contributed by atoms with Crippen LogP contribution in [0.25, 0.3) is 0 Å². The number of methoxy groups -OCH3 is 1. The van der Waals surface area contributed by atoms with Crippen molar-refractivity contribution in [2.45, 2.75) is 19.8 Å². The van der Waals surface area contributed by atoms with E-state index in [2.05, 4.69) is 22.0 Å². The molecule has 0 radical (unpaired) electrons. The number of nitriles is 1. The summed E-state index contributed by atoms with van der Waals surface area (Å²) in [4.78, 5) is 27.9. The lowest BCUT2D eigenvalue weighted by Crippen LogP contribution is -2.41. The van der Waals surface area contributed by atoms with E-state index in [1.54, 1.807) is 62.4 Å². The van der Waals surface area contributed by atoms with Gasteiger partial charge in [0.15, 0.2) is 0 Å². The van der Waals surface area contributed by atoms with E-state index in [1.807, 2.05) is 0 Å². The third-order valence-electron chi connectivity index (χ3n) is 5.19. The zero-order valence-corrected chi connectivity index (χ0v) is 20.6. The fraction of sp³-hybridized carbons (Fsp3) is 0.240. The number of rotatable bonds is 7. The number of hydrogen-bond acceptors (Lipinski definition) is 8. The lowest BCUT2D eigenvalue weighted by atomic mass is 9.81. The third kappa shape index (κ3) is 4.77. The zero-order chi connectivity index (χ0) is 24.8. The molecule has 0 aliphatic carbocycles. The second kappa shape index (κ2) is 10.9. The first kappa shape index (κ1) is 24.9. The average Bonchev–Trinajstić information content (AvgIpc) is 2.84. The van der Waals surface area contributed by atoms with E-state index < -0.39 is 17.9 Å². The van der Waals surface area contributed by atoms with Crippen LogP contribution in [0.5, 0.6) is 5.75 Å². The number of ether oxygens (including phenoxy) is 3. The molecule has 34 heavy (non-hydrogen) atoms. The Bertz CT molecular complexity index is 1180. The smallest absolute Gasteiger partial charge is 0.355 e. The topological polar surface area (TPSA) is 115 Å². The monoisotopic (exact) mass is 525 g/mol. The van der Waals surface area contributed by atoms with Gasteiger partial charge >= 0.3 is 11.9 Å². The molecule has 3 rings (SSSR count). The van der Waals surface area contributed by atoms with Crippen molar-refractivity contribution in [1.29, 1.82) is 5.26 Å².